The third-order valence-corrected chi connectivity index (χ3v) is 4.83. The largest absolute Gasteiger partial charge is 0.508 e. The summed E-state index contributed by atoms with van der Waals surface area (Å²) < 4.78 is 0. The van der Waals surface area contributed by atoms with Crippen LogP contribution in [-0.2, 0) is 0 Å². The summed E-state index contributed by atoms with van der Waals surface area (Å²) in [7, 11) is 1.81. The van der Waals surface area contributed by atoms with Gasteiger partial charge in [-0.1, -0.05) is 36.4 Å². The summed E-state index contributed by atoms with van der Waals surface area (Å²) in [6.45, 7) is 0. The number of Topliss-reactive ketones (excluding diaryl/α,β-unsaturated/α-hetero) is 1. The molecule has 26 heavy (non-hydrogen) atoms. The fourth-order valence-electron chi connectivity index (χ4n) is 3.25. The van der Waals surface area contributed by atoms with Gasteiger partial charge in [0.1, 0.15) is 11.5 Å². The van der Waals surface area contributed by atoms with Gasteiger partial charge in [0.05, 0.1) is 5.56 Å². The zero-order chi connectivity index (χ0) is 18.5. The Balaban J connectivity index is 1.53. The Bertz CT molecular complexity index is 840. The van der Waals surface area contributed by atoms with Crippen LogP contribution in [0, 0.1) is 11.8 Å². The highest BCUT2D eigenvalue weighted by Crippen LogP contribution is 2.44. The van der Waals surface area contributed by atoms with E-state index in [0.717, 1.165) is 24.1 Å². The van der Waals surface area contributed by atoms with Crippen molar-refractivity contribution in [3.63, 3.8) is 0 Å². The van der Waals surface area contributed by atoms with E-state index in [0.29, 0.717) is 18.3 Å². The second-order valence-corrected chi connectivity index (χ2v) is 6.66. The number of aliphatic imine (C=N–C) groups is 1. The Morgan fingerprint density at radius 2 is 1.96 bits per heavy atom. The van der Waals surface area contributed by atoms with E-state index in [1.807, 2.05) is 18.2 Å². The fraction of sp³-hybridized carbons (Fsp3) is 0.273. The van der Waals surface area contributed by atoms with Crippen LogP contribution >= 0.6 is 0 Å². The highest BCUT2D eigenvalue weighted by Gasteiger charge is 2.39. The number of rotatable bonds is 7. The molecule has 0 saturated heterocycles. The predicted octanol–water partition coefficient (Wildman–Crippen LogP) is 4.48. The van der Waals surface area contributed by atoms with Gasteiger partial charge in [-0.25, -0.2) is 0 Å². The van der Waals surface area contributed by atoms with Gasteiger partial charge < -0.3 is 10.2 Å². The summed E-state index contributed by atoms with van der Waals surface area (Å²) in [5, 5.41) is 19.1. The van der Waals surface area contributed by atoms with Gasteiger partial charge in [0, 0.05) is 31.2 Å². The minimum Gasteiger partial charge on any atom is -0.508 e. The van der Waals surface area contributed by atoms with E-state index in [1.54, 1.807) is 7.05 Å². The quantitative estimate of drug-likeness (QED) is 0.572. The molecule has 4 nitrogen and oxygen atoms in total. The molecular formula is C22H23NO3. The van der Waals surface area contributed by atoms with Crippen molar-refractivity contribution in [2.24, 2.45) is 16.8 Å². The van der Waals surface area contributed by atoms with Crippen LogP contribution < -0.4 is 0 Å². The van der Waals surface area contributed by atoms with Crippen molar-refractivity contribution in [1.82, 2.24) is 0 Å². The van der Waals surface area contributed by atoms with E-state index in [-0.39, 0.29) is 22.8 Å². The summed E-state index contributed by atoms with van der Waals surface area (Å²) in [5.74, 6) is 0.556. The van der Waals surface area contributed by atoms with Gasteiger partial charge in [-0.2, -0.15) is 0 Å². The molecular weight excluding hydrogens is 326 g/mol. The number of hydrogen-bond acceptors (Lipinski definition) is 4. The maximum Gasteiger partial charge on any atom is 0.166 e. The number of nitrogens with zero attached hydrogens (tertiary/aromatic N) is 1. The first kappa shape index (κ1) is 17.9. The zero-order valence-corrected chi connectivity index (χ0v) is 14.8. The minimum atomic E-state index is -0.163. The van der Waals surface area contributed by atoms with Gasteiger partial charge in [-0.3, -0.25) is 9.79 Å². The molecule has 0 aromatic heterocycles. The summed E-state index contributed by atoms with van der Waals surface area (Å²) >= 11 is 0. The summed E-state index contributed by atoms with van der Waals surface area (Å²) in [6.07, 6.45) is 6.34. The van der Waals surface area contributed by atoms with Crippen molar-refractivity contribution >= 4 is 17.6 Å². The highest BCUT2D eigenvalue weighted by atomic mass is 16.3. The molecule has 4 heteroatoms. The molecule has 0 amide bonds. The molecule has 0 bridgehead atoms. The van der Waals surface area contributed by atoms with E-state index in [4.69, 9.17) is 0 Å². The molecule has 3 rings (SSSR count). The van der Waals surface area contributed by atoms with Crippen LogP contribution in [0.25, 0.3) is 6.08 Å². The Kier molecular flexibility index (Phi) is 5.52. The number of allylic oxidation sites excluding steroid dienone is 1. The Labute approximate surface area is 153 Å². The maximum atomic E-state index is 12.3. The van der Waals surface area contributed by atoms with Crippen molar-refractivity contribution in [2.45, 2.75) is 19.3 Å². The number of hydrogen-bond donors (Lipinski definition) is 2. The zero-order valence-electron chi connectivity index (χ0n) is 14.8. The van der Waals surface area contributed by atoms with Gasteiger partial charge in [-0.05, 0) is 42.5 Å². The summed E-state index contributed by atoms with van der Waals surface area (Å²) in [5.41, 5.74) is 2.48. The Hall–Kier alpha value is -2.88. The molecule has 2 atom stereocenters. The van der Waals surface area contributed by atoms with Crippen molar-refractivity contribution < 1.29 is 15.0 Å². The van der Waals surface area contributed by atoms with E-state index in [2.05, 4.69) is 29.3 Å². The molecule has 2 aromatic rings. The molecule has 2 unspecified atom stereocenters. The average molecular weight is 349 g/mol. The molecule has 0 heterocycles. The lowest BCUT2D eigenvalue weighted by Crippen LogP contribution is -2.03. The van der Waals surface area contributed by atoms with E-state index < -0.39 is 0 Å². The third kappa shape index (κ3) is 4.39. The normalized spacial score (nSPS) is 19.7. The summed E-state index contributed by atoms with van der Waals surface area (Å²) in [6, 6.07) is 14.2. The Morgan fingerprint density at radius 1 is 1.19 bits per heavy atom. The second-order valence-electron chi connectivity index (χ2n) is 6.66. The van der Waals surface area contributed by atoms with Crippen molar-refractivity contribution in [2.75, 3.05) is 7.05 Å². The molecule has 134 valence electrons. The van der Waals surface area contributed by atoms with Gasteiger partial charge >= 0.3 is 0 Å². The van der Waals surface area contributed by atoms with Crippen LogP contribution in [0.15, 0.2) is 59.6 Å². The van der Waals surface area contributed by atoms with Gasteiger partial charge in [0.2, 0.25) is 0 Å². The third-order valence-electron chi connectivity index (χ3n) is 4.83. The van der Waals surface area contributed by atoms with E-state index in [1.165, 1.54) is 18.2 Å². The lowest BCUT2D eigenvalue weighted by atomic mass is 10.0. The van der Waals surface area contributed by atoms with Crippen molar-refractivity contribution in [3.05, 3.63) is 65.7 Å². The van der Waals surface area contributed by atoms with E-state index in [9.17, 15) is 15.0 Å². The molecule has 1 aliphatic carbocycles. The van der Waals surface area contributed by atoms with Crippen molar-refractivity contribution in [1.29, 1.82) is 0 Å². The lowest BCUT2D eigenvalue weighted by Gasteiger charge is -2.05. The van der Waals surface area contributed by atoms with Crippen molar-refractivity contribution in [3.8, 4) is 11.5 Å². The molecule has 0 aliphatic heterocycles. The summed E-state index contributed by atoms with van der Waals surface area (Å²) in [4.78, 5) is 16.7. The topological polar surface area (TPSA) is 69.9 Å². The molecule has 0 spiro atoms. The average Bonchev–Trinajstić information content (AvgIpc) is 3.41. The molecule has 1 aliphatic rings. The maximum absolute atomic E-state index is 12.3. The van der Waals surface area contributed by atoms with Crippen LogP contribution in [0.4, 0.5) is 0 Å². The molecule has 2 N–H and O–H groups in total. The number of carbonyl (C=O) groups excluding carboxylic acids is 1. The van der Waals surface area contributed by atoms with Gasteiger partial charge in [-0.15, -0.1) is 0 Å². The molecule has 1 fully saturated rings. The minimum absolute atomic E-state index is 0.0460. The number of benzene rings is 2. The van der Waals surface area contributed by atoms with E-state index >= 15 is 0 Å². The monoisotopic (exact) mass is 349 g/mol. The van der Waals surface area contributed by atoms with Crippen LogP contribution in [0.1, 0.15) is 35.2 Å². The fourth-order valence-corrected chi connectivity index (χ4v) is 3.25. The number of phenolic OH excluding ortho intramolecular Hbond substituents is 2. The van der Waals surface area contributed by atoms with Crippen LogP contribution in [-0.4, -0.2) is 28.8 Å². The Morgan fingerprint density at radius 3 is 2.65 bits per heavy atom. The molecule has 2 aromatic carbocycles. The predicted molar refractivity (Wildman–Crippen MR) is 104 cm³/mol. The number of aromatic hydroxyl groups is 2. The van der Waals surface area contributed by atoms with Crippen LogP contribution in [0.2, 0.25) is 0 Å². The second kappa shape index (κ2) is 8.00. The van der Waals surface area contributed by atoms with Gasteiger partial charge in [0.15, 0.2) is 5.78 Å². The van der Waals surface area contributed by atoms with Crippen LogP contribution in [0.3, 0.4) is 0 Å². The standard InChI is InChI=1S/C22H23NO3/c1-23-20(11-7-15-5-3-2-4-6-15)19-13-16(19)8-12-21(25)18-10-9-17(24)14-22(18)26/h2-7,9-11,14,16,19,24,26H,8,12-13H2,1H3/b11-7+,23-20?. The number of phenols is 2. The molecule has 0 radical (unpaired) electrons. The van der Waals surface area contributed by atoms with Gasteiger partial charge in [0.25, 0.3) is 0 Å². The molecule has 1 saturated carbocycles. The first-order valence-corrected chi connectivity index (χ1v) is 8.83. The number of carbonyl (C=O) groups is 1. The first-order chi connectivity index (χ1) is 12.6. The smallest absolute Gasteiger partial charge is 0.166 e. The number of ketones is 1. The lowest BCUT2D eigenvalue weighted by molar-refractivity contribution is 0.0975. The highest BCUT2D eigenvalue weighted by molar-refractivity contribution is 6.02. The first-order valence-electron chi connectivity index (χ1n) is 8.83. The van der Waals surface area contributed by atoms with Crippen LogP contribution in [0.5, 0.6) is 11.5 Å². The SMILES string of the molecule is CN=C(/C=C/c1ccccc1)C1CC1CCC(=O)c1ccc(O)cc1O.